The maximum Gasteiger partial charge on any atom is 0.0800 e. The third-order valence-electron chi connectivity index (χ3n) is 3.15. The fourth-order valence-electron chi connectivity index (χ4n) is 2.13. The van der Waals surface area contributed by atoms with Crippen LogP contribution in [-0.4, -0.2) is 15.9 Å². The quantitative estimate of drug-likeness (QED) is 0.755. The van der Waals surface area contributed by atoms with E-state index in [1.165, 1.54) is 16.2 Å². The first kappa shape index (κ1) is 13.2. The average Bonchev–Trinajstić information content (AvgIpc) is 2.92. The second-order valence-electron chi connectivity index (χ2n) is 4.62. The molecule has 0 fully saturated rings. The summed E-state index contributed by atoms with van der Waals surface area (Å²) in [7, 11) is 0. The van der Waals surface area contributed by atoms with Gasteiger partial charge in [-0.3, -0.25) is 4.98 Å². The molecule has 1 aromatic carbocycles. The number of hydrogen-bond acceptors (Lipinski definition) is 5. The van der Waals surface area contributed by atoms with Crippen molar-refractivity contribution in [2.24, 2.45) is 5.73 Å². The SMILES string of the molecule is NC(CNCc1ccccn1)c1nsc2ccccc12. The minimum absolute atomic E-state index is 0.102. The minimum Gasteiger partial charge on any atom is -0.322 e. The van der Waals surface area contributed by atoms with Gasteiger partial charge in [-0.15, -0.1) is 0 Å². The van der Waals surface area contributed by atoms with Crippen LogP contribution in [0.15, 0.2) is 48.7 Å². The van der Waals surface area contributed by atoms with E-state index in [1.807, 2.05) is 30.3 Å². The van der Waals surface area contributed by atoms with E-state index in [-0.39, 0.29) is 6.04 Å². The summed E-state index contributed by atoms with van der Waals surface area (Å²) in [6.07, 6.45) is 1.80. The number of pyridine rings is 1. The second-order valence-corrected chi connectivity index (χ2v) is 5.43. The number of nitrogens with one attached hydrogen (secondary N) is 1. The van der Waals surface area contributed by atoms with Crippen molar-refractivity contribution in [1.82, 2.24) is 14.7 Å². The number of rotatable bonds is 5. The number of nitrogens with two attached hydrogens (primary N) is 1. The highest BCUT2D eigenvalue weighted by atomic mass is 32.1. The summed E-state index contributed by atoms with van der Waals surface area (Å²) in [5, 5.41) is 4.49. The van der Waals surface area contributed by atoms with Crippen molar-refractivity contribution in [3.05, 3.63) is 60.0 Å². The van der Waals surface area contributed by atoms with Gasteiger partial charge in [-0.25, -0.2) is 0 Å². The Labute approximate surface area is 121 Å². The lowest BCUT2D eigenvalue weighted by molar-refractivity contribution is 0.588. The van der Waals surface area contributed by atoms with Crippen molar-refractivity contribution in [1.29, 1.82) is 0 Å². The Morgan fingerprint density at radius 1 is 1.15 bits per heavy atom. The van der Waals surface area contributed by atoms with Crippen LogP contribution in [-0.2, 0) is 6.54 Å². The van der Waals surface area contributed by atoms with Gasteiger partial charge >= 0.3 is 0 Å². The van der Waals surface area contributed by atoms with Crippen molar-refractivity contribution in [2.45, 2.75) is 12.6 Å². The van der Waals surface area contributed by atoms with Crippen LogP contribution in [0.4, 0.5) is 0 Å². The average molecular weight is 284 g/mol. The maximum absolute atomic E-state index is 6.23. The molecule has 0 radical (unpaired) electrons. The predicted molar refractivity (Wildman–Crippen MR) is 82.5 cm³/mol. The summed E-state index contributed by atoms with van der Waals surface area (Å²) in [5.74, 6) is 0. The fourth-order valence-corrected chi connectivity index (χ4v) is 2.97. The first-order valence-electron chi connectivity index (χ1n) is 6.55. The third kappa shape index (κ3) is 2.85. The molecule has 0 bridgehead atoms. The van der Waals surface area contributed by atoms with Gasteiger partial charge in [0.1, 0.15) is 0 Å². The van der Waals surface area contributed by atoms with E-state index >= 15 is 0 Å². The maximum atomic E-state index is 6.23. The van der Waals surface area contributed by atoms with Gasteiger partial charge in [-0.05, 0) is 29.7 Å². The molecule has 5 heteroatoms. The van der Waals surface area contributed by atoms with Crippen LogP contribution in [0.3, 0.4) is 0 Å². The molecule has 0 saturated heterocycles. The molecular weight excluding hydrogens is 268 g/mol. The van der Waals surface area contributed by atoms with Crippen molar-refractivity contribution in [2.75, 3.05) is 6.54 Å². The molecule has 0 amide bonds. The number of hydrogen-bond donors (Lipinski definition) is 2. The van der Waals surface area contributed by atoms with Crippen LogP contribution in [0.2, 0.25) is 0 Å². The van der Waals surface area contributed by atoms with E-state index in [1.54, 1.807) is 6.20 Å². The van der Waals surface area contributed by atoms with Crippen LogP contribution in [0.5, 0.6) is 0 Å². The Morgan fingerprint density at radius 2 is 2.00 bits per heavy atom. The molecule has 1 unspecified atom stereocenters. The number of fused-ring (bicyclic) bond motifs is 1. The fraction of sp³-hybridized carbons (Fsp3) is 0.200. The van der Waals surface area contributed by atoms with Gasteiger partial charge in [0.05, 0.1) is 22.1 Å². The van der Waals surface area contributed by atoms with E-state index in [0.717, 1.165) is 23.3 Å². The Kier molecular flexibility index (Phi) is 4.01. The van der Waals surface area contributed by atoms with E-state index in [0.29, 0.717) is 6.54 Å². The van der Waals surface area contributed by atoms with Crippen LogP contribution in [0, 0.1) is 0 Å². The lowest BCUT2D eigenvalue weighted by atomic mass is 10.1. The first-order valence-corrected chi connectivity index (χ1v) is 7.32. The largest absolute Gasteiger partial charge is 0.322 e. The first-order chi connectivity index (χ1) is 9.84. The molecule has 3 aromatic rings. The molecule has 3 N–H and O–H groups in total. The van der Waals surface area contributed by atoms with Crippen LogP contribution in [0.25, 0.3) is 10.1 Å². The molecule has 0 aliphatic rings. The standard InChI is InChI=1S/C15H16N4S/c16-13(10-17-9-11-5-3-4-8-18-11)15-12-6-1-2-7-14(12)20-19-15/h1-8,13,17H,9-10,16H2. The molecule has 2 heterocycles. The monoisotopic (exact) mass is 284 g/mol. The van der Waals surface area contributed by atoms with Crippen LogP contribution >= 0.6 is 11.5 Å². The predicted octanol–water partition coefficient (Wildman–Crippen LogP) is 2.48. The van der Waals surface area contributed by atoms with Crippen molar-refractivity contribution >= 4 is 21.6 Å². The molecule has 3 rings (SSSR count). The zero-order valence-corrected chi connectivity index (χ0v) is 11.8. The summed E-state index contributed by atoms with van der Waals surface area (Å²) in [6, 6.07) is 14.0. The highest BCUT2D eigenvalue weighted by Crippen LogP contribution is 2.25. The van der Waals surface area contributed by atoms with Crippen LogP contribution in [0.1, 0.15) is 17.4 Å². The second kappa shape index (κ2) is 6.09. The lowest BCUT2D eigenvalue weighted by Gasteiger charge is -2.11. The molecule has 20 heavy (non-hydrogen) atoms. The smallest absolute Gasteiger partial charge is 0.0800 e. The highest BCUT2D eigenvalue weighted by Gasteiger charge is 2.13. The van der Waals surface area contributed by atoms with Gasteiger partial charge in [0.25, 0.3) is 0 Å². The van der Waals surface area contributed by atoms with Crippen molar-refractivity contribution in [3.8, 4) is 0 Å². The molecule has 0 saturated carbocycles. The Hall–Kier alpha value is -1.82. The van der Waals surface area contributed by atoms with E-state index in [9.17, 15) is 0 Å². The Bertz CT molecular complexity index is 680. The molecule has 0 aliphatic carbocycles. The Balaban J connectivity index is 1.63. The zero-order valence-electron chi connectivity index (χ0n) is 11.0. The molecule has 0 spiro atoms. The van der Waals surface area contributed by atoms with Crippen molar-refractivity contribution < 1.29 is 0 Å². The minimum atomic E-state index is -0.102. The van der Waals surface area contributed by atoms with Gasteiger partial charge in [0, 0.05) is 24.7 Å². The van der Waals surface area contributed by atoms with Gasteiger partial charge < -0.3 is 11.1 Å². The van der Waals surface area contributed by atoms with E-state index < -0.39 is 0 Å². The number of benzene rings is 1. The number of aromatic nitrogens is 2. The summed E-state index contributed by atoms with van der Waals surface area (Å²) >= 11 is 1.50. The van der Waals surface area contributed by atoms with Crippen molar-refractivity contribution in [3.63, 3.8) is 0 Å². The van der Waals surface area contributed by atoms with Gasteiger partial charge in [0.2, 0.25) is 0 Å². The molecule has 102 valence electrons. The van der Waals surface area contributed by atoms with Gasteiger partial charge in [-0.2, -0.15) is 4.37 Å². The molecule has 0 aliphatic heterocycles. The molecule has 2 aromatic heterocycles. The zero-order chi connectivity index (χ0) is 13.8. The van der Waals surface area contributed by atoms with E-state index in [2.05, 4.69) is 26.8 Å². The van der Waals surface area contributed by atoms with Gasteiger partial charge in [-0.1, -0.05) is 24.3 Å². The number of nitrogens with zero attached hydrogens (tertiary/aromatic N) is 2. The molecule has 1 atom stereocenters. The summed E-state index contributed by atoms with van der Waals surface area (Å²) in [5.41, 5.74) is 8.22. The lowest BCUT2D eigenvalue weighted by Crippen LogP contribution is -2.27. The topological polar surface area (TPSA) is 63.8 Å². The summed E-state index contributed by atoms with van der Waals surface area (Å²) in [6.45, 7) is 1.40. The summed E-state index contributed by atoms with van der Waals surface area (Å²) < 4.78 is 5.66. The van der Waals surface area contributed by atoms with Gasteiger partial charge in [0.15, 0.2) is 0 Å². The normalized spacial score (nSPS) is 12.7. The summed E-state index contributed by atoms with van der Waals surface area (Å²) in [4.78, 5) is 4.27. The molecule has 4 nitrogen and oxygen atoms in total. The molecular formula is C15H16N4S. The Morgan fingerprint density at radius 3 is 2.85 bits per heavy atom. The van der Waals surface area contributed by atoms with Crippen LogP contribution < -0.4 is 11.1 Å². The third-order valence-corrected chi connectivity index (χ3v) is 3.99. The van der Waals surface area contributed by atoms with E-state index in [4.69, 9.17) is 5.73 Å². The highest BCUT2D eigenvalue weighted by molar-refractivity contribution is 7.13.